The van der Waals surface area contributed by atoms with Gasteiger partial charge in [0.25, 0.3) is 5.91 Å². The van der Waals surface area contributed by atoms with Crippen molar-refractivity contribution in [1.82, 2.24) is 4.90 Å². The van der Waals surface area contributed by atoms with Crippen molar-refractivity contribution in [2.24, 2.45) is 0 Å². The van der Waals surface area contributed by atoms with Crippen LogP contribution in [-0.4, -0.2) is 49.7 Å². The number of amides is 1. The van der Waals surface area contributed by atoms with Gasteiger partial charge in [0.1, 0.15) is 5.82 Å². The van der Waals surface area contributed by atoms with Crippen LogP contribution >= 0.6 is 11.6 Å². The molecule has 0 fully saturated rings. The van der Waals surface area contributed by atoms with E-state index in [1.54, 1.807) is 0 Å². The molecular weight excluding hydrogens is 337 g/mol. The first-order valence-corrected chi connectivity index (χ1v) is 8.16. The first-order chi connectivity index (χ1) is 11.4. The predicted molar refractivity (Wildman–Crippen MR) is 89.7 cm³/mol. The van der Waals surface area contributed by atoms with Gasteiger partial charge in [-0.2, -0.15) is 0 Å². The third kappa shape index (κ3) is 6.45. The number of hydrogen-bond donors (Lipinski definition) is 0. The van der Waals surface area contributed by atoms with Gasteiger partial charge in [-0.25, -0.2) is 4.39 Å². The molecule has 1 aromatic carbocycles. The van der Waals surface area contributed by atoms with E-state index in [9.17, 15) is 14.0 Å². The van der Waals surface area contributed by atoms with Crippen molar-refractivity contribution in [3.8, 4) is 0 Å². The summed E-state index contributed by atoms with van der Waals surface area (Å²) in [6, 6.07) is 4.07. The van der Waals surface area contributed by atoms with E-state index in [1.165, 1.54) is 30.2 Å². The Hall–Kier alpha value is -1.66. The fourth-order valence-electron chi connectivity index (χ4n) is 2.08. The molecule has 0 heterocycles. The lowest BCUT2D eigenvalue weighted by Gasteiger charge is -2.23. The molecule has 0 aliphatic carbocycles. The van der Waals surface area contributed by atoms with Crippen LogP contribution in [0.2, 0.25) is 5.02 Å². The number of rotatable bonds is 9. The van der Waals surface area contributed by atoms with Gasteiger partial charge >= 0.3 is 5.97 Å². The van der Waals surface area contributed by atoms with E-state index in [0.717, 1.165) is 0 Å². The number of nitrogens with zero attached hydrogens (tertiary/aromatic N) is 1. The summed E-state index contributed by atoms with van der Waals surface area (Å²) >= 11 is 5.96. The summed E-state index contributed by atoms with van der Waals surface area (Å²) in [6.45, 7) is 4.74. The van der Waals surface area contributed by atoms with E-state index in [1.807, 2.05) is 13.8 Å². The molecule has 0 aliphatic rings. The van der Waals surface area contributed by atoms with Gasteiger partial charge in [0.2, 0.25) is 0 Å². The maximum absolute atomic E-state index is 14.0. The second-order valence-electron chi connectivity index (χ2n) is 5.49. The highest BCUT2D eigenvalue weighted by Crippen LogP contribution is 2.21. The Kier molecular flexibility index (Phi) is 8.71. The Morgan fingerprint density at radius 3 is 2.58 bits per heavy atom. The summed E-state index contributed by atoms with van der Waals surface area (Å²) in [5.41, 5.74) is -0.186. The number of carbonyl (C=O) groups excluding carboxylic acids is 2. The molecule has 0 bridgehead atoms. The molecule has 0 aromatic heterocycles. The van der Waals surface area contributed by atoms with Crippen molar-refractivity contribution in [2.75, 3.05) is 26.8 Å². The van der Waals surface area contributed by atoms with Crippen molar-refractivity contribution in [3.05, 3.63) is 34.6 Å². The lowest BCUT2D eigenvalue weighted by atomic mass is 10.1. The van der Waals surface area contributed by atoms with E-state index in [4.69, 9.17) is 16.3 Å². The van der Waals surface area contributed by atoms with Crippen LogP contribution in [0.3, 0.4) is 0 Å². The van der Waals surface area contributed by atoms with Crippen LogP contribution in [0.15, 0.2) is 18.2 Å². The average molecular weight is 360 g/mol. The summed E-state index contributed by atoms with van der Waals surface area (Å²) in [5.74, 6) is -1.67. The molecule has 1 rings (SSSR count). The molecular formula is C17H23ClFNO4. The molecule has 0 N–H and O–H groups in total. The molecule has 1 amide bonds. The molecule has 0 atom stereocenters. The van der Waals surface area contributed by atoms with Gasteiger partial charge in [-0.1, -0.05) is 17.7 Å². The normalized spacial score (nSPS) is 10.8. The fourth-order valence-corrected chi connectivity index (χ4v) is 2.32. The van der Waals surface area contributed by atoms with E-state index < -0.39 is 17.7 Å². The van der Waals surface area contributed by atoms with Crippen molar-refractivity contribution in [3.63, 3.8) is 0 Å². The van der Waals surface area contributed by atoms with Crippen LogP contribution in [0.4, 0.5) is 4.39 Å². The van der Waals surface area contributed by atoms with Gasteiger partial charge in [0, 0.05) is 19.7 Å². The fraction of sp³-hybridized carbons (Fsp3) is 0.529. The van der Waals surface area contributed by atoms with Crippen molar-refractivity contribution in [1.29, 1.82) is 0 Å². The minimum atomic E-state index is -0.686. The van der Waals surface area contributed by atoms with E-state index >= 15 is 0 Å². The number of esters is 1. The maximum atomic E-state index is 14.0. The zero-order chi connectivity index (χ0) is 18.1. The number of hydrogen-bond acceptors (Lipinski definition) is 4. The molecule has 0 spiro atoms. The quantitative estimate of drug-likeness (QED) is 0.501. The Bertz CT molecular complexity index is 545. The number of carbonyl (C=O) groups is 2. The molecule has 0 unspecified atom stereocenters. The summed E-state index contributed by atoms with van der Waals surface area (Å²) in [6.07, 6.45) is 0.682. The summed E-state index contributed by atoms with van der Waals surface area (Å²) in [5, 5.41) is 0.0431. The second-order valence-corrected chi connectivity index (χ2v) is 5.90. The SMILES string of the molecule is COC(=O)CCN(CCCOC(C)C)C(=O)c1c(F)cccc1Cl. The zero-order valence-electron chi connectivity index (χ0n) is 14.2. The van der Waals surface area contributed by atoms with Gasteiger partial charge in [-0.05, 0) is 32.4 Å². The number of halogens is 2. The van der Waals surface area contributed by atoms with E-state index in [0.29, 0.717) is 19.6 Å². The monoisotopic (exact) mass is 359 g/mol. The molecule has 0 aliphatic heterocycles. The third-order valence-corrected chi connectivity index (χ3v) is 3.62. The number of methoxy groups -OCH3 is 1. The Morgan fingerprint density at radius 2 is 2.00 bits per heavy atom. The van der Waals surface area contributed by atoms with Crippen LogP contribution in [0.5, 0.6) is 0 Å². The summed E-state index contributed by atoms with van der Waals surface area (Å²) in [7, 11) is 1.28. The first-order valence-electron chi connectivity index (χ1n) is 7.78. The standard InChI is InChI=1S/C17H23ClFNO4/c1-12(2)24-11-5-9-20(10-8-15(21)23-3)17(22)16-13(18)6-4-7-14(16)19/h4,6-7,12H,5,8-11H2,1-3H3. The summed E-state index contributed by atoms with van der Waals surface area (Å²) < 4.78 is 24.0. The Morgan fingerprint density at radius 1 is 1.29 bits per heavy atom. The highest BCUT2D eigenvalue weighted by molar-refractivity contribution is 6.33. The van der Waals surface area contributed by atoms with Crippen LogP contribution in [0.25, 0.3) is 0 Å². The lowest BCUT2D eigenvalue weighted by molar-refractivity contribution is -0.140. The van der Waals surface area contributed by atoms with Gasteiger partial charge < -0.3 is 14.4 Å². The van der Waals surface area contributed by atoms with E-state index in [2.05, 4.69) is 4.74 Å². The molecule has 5 nitrogen and oxygen atoms in total. The minimum Gasteiger partial charge on any atom is -0.469 e. The molecule has 7 heteroatoms. The Labute approximate surface area is 146 Å². The summed E-state index contributed by atoms with van der Waals surface area (Å²) in [4.78, 5) is 25.4. The van der Waals surface area contributed by atoms with Crippen molar-refractivity contribution >= 4 is 23.5 Å². The lowest BCUT2D eigenvalue weighted by Crippen LogP contribution is -2.35. The van der Waals surface area contributed by atoms with E-state index in [-0.39, 0.29) is 29.7 Å². The van der Waals surface area contributed by atoms with Gasteiger partial charge in [-0.3, -0.25) is 9.59 Å². The van der Waals surface area contributed by atoms with Crippen LogP contribution < -0.4 is 0 Å². The molecule has 0 radical (unpaired) electrons. The zero-order valence-corrected chi connectivity index (χ0v) is 14.9. The molecule has 1 aromatic rings. The van der Waals surface area contributed by atoms with Crippen molar-refractivity contribution in [2.45, 2.75) is 32.8 Å². The largest absolute Gasteiger partial charge is 0.469 e. The van der Waals surface area contributed by atoms with Gasteiger partial charge in [0.15, 0.2) is 0 Å². The second kappa shape index (κ2) is 10.3. The molecule has 0 saturated carbocycles. The first kappa shape index (κ1) is 20.4. The highest BCUT2D eigenvalue weighted by Gasteiger charge is 2.22. The molecule has 0 saturated heterocycles. The van der Waals surface area contributed by atoms with Crippen LogP contribution in [-0.2, 0) is 14.3 Å². The van der Waals surface area contributed by atoms with Crippen molar-refractivity contribution < 1.29 is 23.5 Å². The Balaban J connectivity index is 2.82. The predicted octanol–water partition coefficient (Wildman–Crippen LogP) is 3.30. The maximum Gasteiger partial charge on any atom is 0.307 e. The van der Waals surface area contributed by atoms with Crippen LogP contribution in [0.1, 0.15) is 37.0 Å². The third-order valence-electron chi connectivity index (χ3n) is 3.30. The minimum absolute atomic E-state index is 0.0271. The topological polar surface area (TPSA) is 55.8 Å². The molecule has 24 heavy (non-hydrogen) atoms. The smallest absolute Gasteiger partial charge is 0.307 e. The average Bonchev–Trinajstić information content (AvgIpc) is 2.53. The van der Waals surface area contributed by atoms with Crippen LogP contribution in [0, 0.1) is 5.82 Å². The number of benzene rings is 1. The van der Waals surface area contributed by atoms with Gasteiger partial charge in [0.05, 0.1) is 30.2 Å². The number of ether oxygens (including phenoxy) is 2. The highest BCUT2D eigenvalue weighted by atomic mass is 35.5. The molecule has 134 valence electrons. The van der Waals surface area contributed by atoms with Gasteiger partial charge in [-0.15, -0.1) is 0 Å².